The number of hydrogen-bond donors (Lipinski definition) is 1. The molecule has 0 spiro atoms. The Labute approximate surface area is 146 Å². The van der Waals surface area contributed by atoms with E-state index in [1.54, 1.807) is 25.2 Å². The van der Waals surface area contributed by atoms with Crippen LogP contribution in [0.4, 0.5) is 5.69 Å². The van der Waals surface area contributed by atoms with Crippen molar-refractivity contribution in [3.05, 3.63) is 63.1 Å². The molecule has 2 atom stereocenters. The number of benzene rings is 2. The molecule has 3 aromatic rings. The van der Waals surface area contributed by atoms with Crippen LogP contribution in [0, 0.1) is 5.92 Å². The first-order valence-electron chi connectivity index (χ1n) is 7.69. The zero-order valence-corrected chi connectivity index (χ0v) is 14.5. The van der Waals surface area contributed by atoms with Crippen molar-refractivity contribution >= 4 is 38.6 Å². The summed E-state index contributed by atoms with van der Waals surface area (Å²) < 4.78 is 7.61. The van der Waals surface area contributed by atoms with Gasteiger partial charge in [-0.05, 0) is 42.2 Å². The fourth-order valence-electron chi connectivity index (χ4n) is 3.04. The molecule has 6 heteroatoms. The van der Waals surface area contributed by atoms with E-state index in [0.29, 0.717) is 16.8 Å². The summed E-state index contributed by atoms with van der Waals surface area (Å²) in [6.07, 6.45) is 0.852. The predicted octanol–water partition coefficient (Wildman–Crippen LogP) is 3.64. The van der Waals surface area contributed by atoms with E-state index in [4.69, 9.17) is 4.42 Å². The zero-order valence-electron chi connectivity index (χ0n) is 13.0. The smallest absolute Gasteiger partial charge is 0.408 e. The van der Waals surface area contributed by atoms with Crippen LogP contribution in [0.5, 0.6) is 0 Å². The van der Waals surface area contributed by atoms with E-state index in [9.17, 15) is 9.59 Å². The molecule has 0 saturated heterocycles. The quantitative estimate of drug-likeness (QED) is 0.747. The third-order valence-electron chi connectivity index (χ3n) is 4.46. The van der Waals surface area contributed by atoms with Crippen LogP contribution >= 0.6 is 15.9 Å². The highest BCUT2D eigenvalue weighted by molar-refractivity contribution is 9.10. The van der Waals surface area contributed by atoms with Crippen LogP contribution in [0.2, 0.25) is 0 Å². The maximum atomic E-state index is 12.4. The number of amides is 1. The van der Waals surface area contributed by atoms with Crippen LogP contribution in [0.1, 0.15) is 17.9 Å². The van der Waals surface area contributed by atoms with E-state index in [0.717, 1.165) is 10.9 Å². The van der Waals surface area contributed by atoms with E-state index in [-0.39, 0.29) is 17.7 Å². The fourth-order valence-corrected chi connectivity index (χ4v) is 3.45. The van der Waals surface area contributed by atoms with Gasteiger partial charge in [-0.25, -0.2) is 4.79 Å². The van der Waals surface area contributed by atoms with Crippen molar-refractivity contribution in [2.45, 2.75) is 12.3 Å². The first-order valence-corrected chi connectivity index (χ1v) is 8.48. The van der Waals surface area contributed by atoms with Gasteiger partial charge in [-0.15, -0.1) is 0 Å². The Balaban J connectivity index is 1.50. The standard InChI is InChI=1S/C18H15BrN2O3/c1-21-15-6-5-12(8-16(15)24-18(21)23)20-17(22)14-9-13(14)10-3-2-4-11(19)7-10/h2-8,13-14H,9H2,1H3,(H,20,22). The Morgan fingerprint density at radius 3 is 2.92 bits per heavy atom. The number of aryl methyl sites for hydroxylation is 1. The van der Waals surface area contributed by atoms with Crippen LogP contribution < -0.4 is 11.1 Å². The van der Waals surface area contributed by atoms with Crippen LogP contribution in [-0.2, 0) is 11.8 Å². The van der Waals surface area contributed by atoms with Gasteiger partial charge in [-0.3, -0.25) is 9.36 Å². The Kier molecular flexibility index (Phi) is 3.57. The molecule has 1 amide bonds. The number of anilines is 1. The van der Waals surface area contributed by atoms with Crippen molar-refractivity contribution in [2.24, 2.45) is 13.0 Å². The van der Waals surface area contributed by atoms with Crippen molar-refractivity contribution < 1.29 is 9.21 Å². The lowest BCUT2D eigenvalue weighted by molar-refractivity contribution is -0.117. The molecule has 1 aliphatic carbocycles. The van der Waals surface area contributed by atoms with E-state index >= 15 is 0 Å². The number of carbonyl (C=O) groups excluding carboxylic acids is 1. The number of rotatable bonds is 3. The zero-order chi connectivity index (χ0) is 16.8. The molecular formula is C18H15BrN2O3. The summed E-state index contributed by atoms with van der Waals surface area (Å²) in [5.74, 6) is -0.165. The second-order valence-electron chi connectivity index (χ2n) is 6.10. The molecule has 0 bridgehead atoms. The van der Waals surface area contributed by atoms with Gasteiger partial charge in [-0.1, -0.05) is 28.1 Å². The maximum Gasteiger partial charge on any atom is 0.419 e. The number of nitrogens with one attached hydrogen (secondary N) is 1. The molecule has 0 aliphatic heterocycles. The molecule has 1 heterocycles. The lowest BCUT2D eigenvalue weighted by atomic mass is 10.1. The van der Waals surface area contributed by atoms with Crippen LogP contribution in [0.15, 0.2) is 56.1 Å². The third-order valence-corrected chi connectivity index (χ3v) is 4.96. The first-order chi connectivity index (χ1) is 11.5. The monoisotopic (exact) mass is 386 g/mol. The predicted molar refractivity (Wildman–Crippen MR) is 95.1 cm³/mol. The molecule has 5 nitrogen and oxygen atoms in total. The van der Waals surface area contributed by atoms with Gasteiger partial charge in [0.25, 0.3) is 0 Å². The number of fused-ring (bicyclic) bond motifs is 1. The Morgan fingerprint density at radius 2 is 2.12 bits per heavy atom. The molecule has 0 radical (unpaired) electrons. The number of nitrogens with zero attached hydrogens (tertiary/aromatic N) is 1. The third kappa shape index (κ3) is 2.67. The highest BCUT2D eigenvalue weighted by atomic mass is 79.9. The average Bonchev–Trinajstić information content (AvgIpc) is 3.30. The summed E-state index contributed by atoms with van der Waals surface area (Å²) in [5, 5.41) is 2.92. The number of aromatic nitrogens is 1. The van der Waals surface area contributed by atoms with Gasteiger partial charge >= 0.3 is 5.76 Å². The summed E-state index contributed by atoms with van der Waals surface area (Å²) in [4.78, 5) is 24.0. The largest absolute Gasteiger partial charge is 0.419 e. The molecule has 1 N–H and O–H groups in total. The fraction of sp³-hybridized carbons (Fsp3) is 0.222. The lowest BCUT2D eigenvalue weighted by Gasteiger charge is -2.05. The summed E-state index contributed by atoms with van der Waals surface area (Å²) in [5.41, 5.74) is 2.99. The van der Waals surface area contributed by atoms with Gasteiger partial charge in [0.2, 0.25) is 5.91 Å². The minimum absolute atomic E-state index is 0.00222. The van der Waals surface area contributed by atoms with Crippen LogP contribution in [-0.4, -0.2) is 10.5 Å². The lowest BCUT2D eigenvalue weighted by Crippen LogP contribution is -2.14. The van der Waals surface area contributed by atoms with Crippen molar-refractivity contribution in [3.8, 4) is 0 Å². The van der Waals surface area contributed by atoms with Crippen molar-refractivity contribution in [2.75, 3.05) is 5.32 Å². The van der Waals surface area contributed by atoms with Gasteiger partial charge in [-0.2, -0.15) is 0 Å². The number of hydrogen-bond acceptors (Lipinski definition) is 3. The van der Waals surface area contributed by atoms with Crippen LogP contribution in [0.3, 0.4) is 0 Å². The molecule has 122 valence electrons. The van der Waals surface area contributed by atoms with Gasteiger partial charge in [0.05, 0.1) is 5.52 Å². The minimum atomic E-state index is -0.412. The normalized spacial score (nSPS) is 19.4. The molecule has 2 unspecified atom stereocenters. The van der Waals surface area contributed by atoms with E-state index in [1.165, 1.54) is 10.1 Å². The average molecular weight is 387 g/mol. The Bertz CT molecular complexity index is 1000. The summed E-state index contributed by atoms with van der Waals surface area (Å²) >= 11 is 3.46. The highest BCUT2D eigenvalue weighted by Gasteiger charge is 2.43. The Hall–Kier alpha value is -2.34. The molecule has 1 aromatic heterocycles. The van der Waals surface area contributed by atoms with Gasteiger partial charge < -0.3 is 9.73 Å². The number of oxazole rings is 1. The summed E-state index contributed by atoms with van der Waals surface area (Å²) in [6, 6.07) is 13.3. The van der Waals surface area contributed by atoms with E-state index in [2.05, 4.69) is 27.3 Å². The molecular weight excluding hydrogens is 372 g/mol. The molecule has 1 saturated carbocycles. The van der Waals surface area contributed by atoms with Crippen molar-refractivity contribution in [3.63, 3.8) is 0 Å². The van der Waals surface area contributed by atoms with Crippen LogP contribution in [0.25, 0.3) is 11.1 Å². The minimum Gasteiger partial charge on any atom is -0.408 e. The number of carbonyl (C=O) groups is 1. The SMILES string of the molecule is Cn1c(=O)oc2cc(NC(=O)C3CC3c3cccc(Br)c3)ccc21. The molecule has 2 aromatic carbocycles. The van der Waals surface area contributed by atoms with Crippen molar-refractivity contribution in [1.29, 1.82) is 0 Å². The highest BCUT2D eigenvalue weighted by Crippen LogP contribution is 2.48. The molecule has 1 fully saturated rings. The topological polar surface area (TPSA) is 64.2 Å². The van der Waals surface area contributed by atoms with Gasteiger partial charge in [0, 0.05) is 29.2 Å². The maximum absolute atomic E-state index is 12.4. The number of halogens is 1. The second-order valence-corrected chi connectivity index (χ2v) is 7.02. The van der Waals surface area contributed by atoms with E-state index in [1.807, 2.05) is 18.2 Å². The molecule has 4 rings (SSSR count). The summed E-state index contributed by atoms with van der Waals surface area (Å²) in [6.45, 7) is 0. The molecule has 24 heavy (non-hydrogen) atoms. The Morgan fingerprint density at radius 1 is 1.29 bits per heavy atom. The first kappa shape index (κ1) is 15.2. The van der Waals surface area contributed by atoms with Gasteiger partial charge in [0.15, 0.2) is 5.58 Å². The van der Waals surface area contributed by atoms with E-state index < -0.39 is 5.76 Å². The molecule has 1 aliphatic rings. The second kappa shape index (κ2) is 5.63. The van der Waals surface area contributed by atoms with Gasteiger partial charge in [0.1, 0.15) is 0 Å². The summed E-state index contributed by atoms with van der Waals surface area (Å²) in [7, 11) is 1.65. The van der Waals surface area contributed by atoms with Crippen molar-refractivity contribution in [1.82, 2.24) is 4.57 Å².